The lowest BCUT2D eigenvalue weighted by Crippen LogP contribution is -2.18. The third-order valence-corrected chi connectivity index (χ3v) is 4.94. The van der Waals surface area contributed by atoms with Gasteiger partial charge in [-0.2, -0.15) is 5.10 Å². The number of halogens is 2. The highest BCUT2D eigenvalue weighted by atomic mass is 35.5. The SMILES string of the molecule is O=C(Nc1cc(Cl)c(Oc2ccc(=O)n(Cc3ccccc3)c2)c(Cl)c1)c1ccn[nH]1. The van der Waals surface area contributed by atoms with Gasteiger partial charge in [-0.15, -0.1) is 0 Å². The van der Waals surface area contributed by atoms with Crippen LogP contribution in [0.2, 0.25) is 10.0 Å². The highest BCUT2D eigenvalue weighted by molar-refractivity contribution is 6.37. The predicted molar refractivity (Wildman–Crippen MR) is 119 cm³/mol. The van der Waals surface area contributed by atoms with Crippen LogP contribution in [-0.4, -0.2) is 20.7 Å². The van der Waals surface area contributed by atoms with E-state index in [4.69, 9.17) is 27.9 Å². The molecule has 0 aliphatic heterocycles. The zero-order valence-corrected chi connectivity index (χ0v) is 17.5. The van der Waals surface area contributed by atoms with Gasteiger partial charge in [-0.3, -0.25) is 14.7 Å². The molecular formula is C22H16Cl2N4O3. The number of aromatic nitrogens is 3. The molecule has 0 fully saturated rings. The van der Waals surface area contributed by atoms with Crippen LogP contribution in [0.1, 0.15) is 16.1 Å². The molecule has 0 radical (unpaired) electrons. The summed E-state index contributed by atoms with van der Waals surface area (Å²) in [7, 11) is 0. The number of aromatic amines is 1. The lowest BCUT2D eigenvalue weighted by molar-refractivity contribution is 0.102. The minimum Gasteiger partial charge on any atom is -0.453 e. The van der Waals surface area contributed by atoms with Gasteiger partial charge < -0.3 is 14.6 Å². The standard InChI is InChI=1S/C22H16Cl2N4O3/c23-17-10-15(26-22(30)19-8-9-25-27-19)11-18(24)21(17)31-16-6-7-20(29)28(13-16)12-14-4-2-1-3-5-14/h1-11,13H,12H2,(H,25,27)(H,26,30). The van der Waals surface area contributed by atoms with Gasteiger partial charge in [0.1, 0.15) is 11.4 Å². The number of nitrogens with zero attached hydrogens (tertiary/aromatic N) is 2. The number of H-pyrrole nitrogens is 1. The van der Waals surface area contributed by atoms with Crippen LogP contribution in [0.5, 0.6) is 11.5 Å². The fraction of sp³-hybridized carbons (Fsp3) is 0.0455. The van der Waals surface area contributed by atoms with Gasteiger partial charge >= 0.3 is 0 Å². The molecule has 4 rings (SSSR count). The summed E-state index contributed by atoms with van der Waals surface area (Å²) in [6.45, 7) is 0.400. The minimum absolute atomic E-state index is 0.162. The largest absolute Gasteiger partial charge is 0.453 e. The summed E-state index contributed by atoms with van der Waals surface area (Å²) in [4.78, 5) is 24.4. The lowest BCUT2D eigenvalue weighted by atomic mass is 10.2. The van der Waals surface area contributed by atoms with E-state index in [2.05, 4.69) is 15.5 Å². The summed E-state index contributed by atoms with van der Waals surface area (Å²) < 4.78 is 7.39. The Kier molecular flexibility index (Phi) is 6.06. The molecule has 0 bridgehead atoms. The molecule has 0 spiro atoms. The van der Waals surface area contributed by atoms with Gasteiger partial charge in [0.2, 0.25) is 0 Å². The van der Waals surface area contributed by atoms with Crippen LogP contribution >= 0.6 is 23.2 Å². The van der Waals surface area contributed by atoms with Crippen molar-refractivity contribution >= 4 is 34.8 Å². The number of ether oxygens (including phenoxy) is 1. The van der Waals surface area contributed by atoms with E-state index in [1.807, 2.05) is 30.3 Å². The zero-order valence-electron chi connectivity index (χ0n) is 16.0. The van der Waals surface area contributed by atoms with Crippen molar-refractivity contribution in [3.63, 3.8) is 0 Å². The fourth-order valence-electron chi connectivity index (χ4n) is 2.90. The number of carbonyl (C=O) groups is 1. The topological polar surface area (TPSA) is 89.0 Å². The van der Waals surface area contributed by atoms with Gasteiger partial charge in [-0.1, -0.05) is 53.5 Å². The van der Waals surface area contributed by atoms with Gasteiger partial charge in [0.05, 0.1) is 22.8 Å². The van der Waals surface area contributed by atoms with Crippen LogP contribution in [-0.2, 0) is 6.54 Å². The molecule has 2 heterocycles. The van der Waals surface area contributed by atoms with Gasteiger partial charge in [-0.05, 0) is 29.8 Å². The maximum atomic E-state index is 12.2. The van der Waals surface area contributed by atoms with Crippen LogP contribution in [0.15, 0.2) is 77.9 Å². The molecule has 0 saturated heterocycles. The number of pyridine rings is 1. The van der Waals surface area contributed by atoms with Crippen molar-refractivity contribution in [2.75, 3.05) is 5.32 Å². The predicted octanol–water partition coefficient (Wildman–Crippen LogP) is 4.97. The highest BCUT2D eigenvalue weighted by Gasteiger charge is 2.14. The molecule has 0 unspecified atom stereocenters. The van der Waals surface area contributed by atoms with E-state index in [0.29, 0.717) is 23.7 Å². The summed E-state index contributed by atoms with van der Waals surface area (Å²) >= 11 is 12.7. The number of carbonyl (C=O) groups excluding carboxylic acids is 1. The summed E-state index contributed by atoms with van der Waals surface area (Å²) in [6.07, 6.45) is 3.07. The summed E-state index contributed by atoms with van der Waals surface area (Å²) in [5.74, 6) is 0.229. The van der Waals surface area contributed by atoms with Crippen molar-refractivity contribution < 1.29 is 9.53 Å². The lowest BCUT2D eigenvalue weighted by Gasteiger charge is -2.13. The number of hydrogen-bond donors (Lipinski definition) is 2. The Labute approximate surface area is 187 Å². The van der Waals surface area contributed by atoms with Crippen LogP contribution in [0.25, 0.3) is 0 Å². The molecule has 2 N–H and O–H groups in total. The number of amides is 1. The van der Waals surface area contributed by atoms with E-state index in [-0.39, 0.29) is 27.3 Å². The maximum absolute atomic E-state index is 12.2. The minimum atomic E-state index is -0.383. The van der Waals surface area contributed by atoms with Crippen LogP contribution in [0.4, 0.5) is 5.69 Å². The van der Waals surface area contributed by atoms with Crippen LogP contribution < -0.4 is 15.6 Å². The van der Waals surface area contributed by atoms with Crippen LogP contribution in [0.3, 0.4) is 0 Å². The van der Waals surface area contributed by atoms with Gasteiger partial charge in [0.25, 0.3) is 11.5 Å². The molecule has 7 nitrogen and oxygen atoms in total. The monoisotopic (exact) mass is 454 g/mol. The molecule has 0 saturated carbocycles. The highest BCUT2D eigenvalue weighted by Crippen LogP contribution is 2.38. The van der Waals surface area contributed by atoms with Gasteiger partial charge in [-0.25, -0.2) is 0 Å². The smallest absolute Gasteiger partial charge is 0.273 e. The molecule has 0 aliphatic carbocycles. The van der Waals surface area contributed by atoms with E-state index in [9.17, 15) is 9.59 Å². The van der Waals surface area contributed by atoms with Crippen LogP contribution in [0, 0.1) is 0 Å². The molecule has 1 amide bonds. The van der Waals surface area contributed by atoms with Crippen molar-refractivity contribution in [1.82, 2.24) is 14.8 Å². The molecule has 0 aliphatic rings. The second kappa shape index (κ2) is 9.07. The average molecular weight is 455 g/mol. The van der Waals surface area contributed by atoms with Crippen molar-refractivity contribution in [2.24, 2.45) is 0 Å². The number of nitrogens with one attached hydrogen (secondary N) is 2. The first-order valence-electron chi connectivity index (χ1n) is 9.21. The van der Waals surface area contributed by atoms with E-state index in [1.165, 1.54) is 29.0 Å². The molecule has 0 atom stereocenters. The number of benzene rings is 2. The Morgan fingerprint density at radius 3 is 2.48 bits per heavy atom. The Bertz CT molecular complexity index is 1250. The first-order valence-corrected chi connectivity index (χ1v) is 9.97. The molecule has 2 aromatic heterocycles. The average Bonchev–Trinajstić information content (AvgIpc) is 3.29. The summed E-state index contributed by atoms with van der Waals surface area (Å²) in [5.41, 5.74) is 1.52. The Morgan fingerprint density at radius 2 is 1.81 bits per heavy atom. The Hall–Kier alpha value is -3.55. The number of anilines is 1. The third-order valence-electron chi connectivity index (χ3n) is 4.37. The van der Waals surface area contributed by atoms with E-state index < -0.39 is 0 Å². The summed E-state index contributed by atoms with van der Waals surface area (Å²) in [6, 6.07) is 17.2. The third kappa shape index (κ3) is 4.96. The fourth-order valence-corrected chi connectivity index (χ4v) is 3.47. The van der Waals surface area contributed by atoms with Crippen molar-refractivity contribution in [3.8, 4) is 11.5 Å². The summed E-state index contributed by atoms with van der Waals surface area (Å²) in [5, 5.41) is 9.40. The second-order valence-electron chi connectivity index (χ2n) is 6.61. The molecule has 156 valence electrons. The molecule has 31 heavy (non-hydrogen) atoms. The van der Waals surface area contributed by atoms with Crippen molar-refractivity contribution in [1.29, 1.82) is 0 Å². The first-order chi connectivity index (χ1) is 15.0. The number of rotatable bonds is 6. The molecule has 9 heteroatoms. The Balaban J connectivity index is 1.54. The molecular weight excluding hydrogens is 439 g/mol. The quantitative estimate of drug-likeness (QED) is 0.430. The molecule has 4 aromatic rings. The van der Waals surface area contributed by atoms with E-state index in [1.54, 1.807) is 18.3 Å². The van der Waals surface area contributed by atoms with Crippen molar-refractivity contribution in [3.05, 3.63) is 105 Å². The Morgan fingerprint density at radius 1 is 1.06 bits per heavy atom. The molecule has 2 aromatic carbocycles. The van der Waals surface area contributed by atoms with E-state index >= 15 is 0 Å². The second-order valence-corrected chi connectivity index (χ2v) is 7.43. The first kappa shape index (κ1) is 20.7. The number of hydrogen-bond acceptors (Lipinski definition) is 4. The van der Waals surface area contributed by atoms with Crippen molar-refractivity contribution in [2.45, 2.75) is 6.54 Å². The van der Waals surface area contributed by atoms with Gasteiger partial charge in [0.15, 0.2) is 5.75 Å². The van der Waals surface area contributed by atoms with Gasteiger partial charge in [0, 0.05) is 18.0 Å². The normalized spacial score (nSPS) is 10.6. The zero-order chi connectivity index (χ0) is 21.8. The maximum Gasteiger partial charge on any atom is 0.273 e. The van der Waals surface area contributed by atoms with E-state index in [0.717, 1.165) is 5.56 Å².